The number of Topliss-reactive ketones (excluding diaryl/α,β-unsaturated/α-hetero) is 1. The average molecular weight is 376 g/mol. The fourth-order valence-corrected chi connectivity index (χ4v) is 4.04. The molecule has 128 valence electrons. The second kappa shape index (κ2) is 5.87. The van der Waals surface area contributed by atoms with Gasteiger partial charge in [0.15, 0.2) is 5.78 Å². The first-order valence-electron chi connectivity index (χ1n) is 6.71. The molecule has 3 rings (SSSR count). The molecule has 0 unspecified atom stereocenters. The van der Waals surface area contributed by atoms with Gasteiger partial charge in [0.2, 0.25) is 5.72 Å². The van der Waals surface area contributed by atoms with Gasteiger partial charge in [-0.05, 0) is 33.8 Å². The lowest BCUT2D eigenvalue weighted by Gasteiger charge is -2.44. The molecule has 1 aliphatic heterocycles. The van der Waals surface area contributed by atoms with Crippen LogP contribution in [0.25, 0.3) is 0 Å². The van der Waals surface area contributed by atoms with E-state index in [-0.39, 0.29) is 4.88 Å². The van der Waals surface area contributed by atoms with Gasteiger partial charge in [-0.25, -0.2) is 4.79 Å². The summed E-state index contributed by atoms with van der Waals surface area (Å²) in [6.07, 6.45) is -5.23. The SMILES string of the molecule is O=C1N[C@H](c2ccsc2)[C@H](C(=O)c2cccs2)[C@](O)(C(F)(F)F)N1. The number of amides is 2. The maximum absolute atomic E-state index is 13.5. The molecule has 1 aliphatic rings. The highest BCUT2D eigenvalue weighted by Crippen LogP contribution is 2.44. The van der Waals surface area contributed by atoms with Gasteiger partial charge in [-0.3, -0.25) is 4.79 Å². The Kier molecular flexibility index (Phi) is 4.14. The zero-order valence-corrected chi connectivity index (χ0v) is 13.5. The van der Waals surface area contributed by atoms with Gasteiger partial charge < -0.3 is 15.7 Å². The summed E-state index contributed by atoms with van der Waals surface area (Å²) in [6.45, 7) is 0. The van der Waals surface area contributed by atoms with E-state index in [4.69, 9.17) is 0 Å². The number of halogens is 3. The van der Waals surface area contributed by atoms with Crippen LogP contribution in [0.1, 0.15) is 21.3 Å². The first kappa shape index (κ1) is 16.9. The van der Waals surface area contributed by atoms with Crippen LogP contribution in [0.5, 0.6) is 0 Å². The monoisotopic (exact) mass is 376 g/mol. The van der Waals surface area contributed by atoms with Crippen molar-refractivity contribution in [1.29, 1.82) is 0 Å². The minimum atomic E-state index is -5.23. The Morgan fingerprint density at radius 3 is 2.58 bits per heavy atom. The molecule has 5 nitrogen and oxygen atoms in total. The highest BCUT2D eigenvalue weighted by Gasteiger charge is 2.66. The van der Waals surface area contributed by atoms with Gasteiger partial charge in [0.1, 0.15) is 5.92 Å². The molecule has 2 aromatic rings. The van der Waals surface area contributed by atoms with Gasteiger partial charge in [0.05, 0.1) is 10.9 Å². The Balaban J connectivity index is 2.13. The third-order valence-corrected chi connectivity index (χ3v) is 5.34. The van der Waals surface area contributed by atoms with Crippen LogP contribution in [0.2, 0.25) is 0 Å². The molecule has 0 saturated carbocycles. The van der Waals surface area contributed by atoms with Crippen molar-refractivity contribution in [3.63, 3.8) is 0 Å². The van der Waals surface area contributed by atoms with Crippen LogP contribution < -0.4 is 10.6 Å². The minimum absolute atomic E-state index is 0.0702. The summed E-state index contributed by atoms with van der Waals surface area (Å²) < 4.78 is 40.6. The van der Waals surface area contributed by atoms with Gasteiger partial charge in [0.25, 0.3) is 0 Å². The van der Waals surface area contributed by atoms with E-state index >= 15 is 0 Å². The van der Waals surface area contributed by atoms with Crippen LogP contribution >= 0.6 is 22.7 Å². The van der Waals surface area contributed by atoms with Gasteiger partial charge in [-0.2, -0.15) is 24.5 Å². The third-order valence-electron chi connectivity index (χ3n) is 3.76. The summed E-state index contributed by atoms with van der Waals surface area (Å²) in [5.41, 5.74) is -3.34. The largest absolute Gasteiger partial charge is 0.437 e. The number of aliphatic hydroxyl groups is 1. The van der Waals surface area contributed by atoms with Gasteiger partial charge >= 0.3 is 12.2 Å². The van der Waals surface area contributed by atoms with E-state index < -0.39 is 35.7 Å². The van der Waals surface area contributed by atoms with Crippen molar-refractivity contribution < 1.29 is 27.9 Å². The Labute approximate surface area is 142 Å². The fourth-order valence-electron chi connectivity index (χ4n) is 2.64. The molecule has 2 amide bonds. The van der Waals surface area contributed by atoms with E-state index in [9.17, 15) is 27.9 Å². The van der Waals surface area contributed by atoms with Crippen molar-refractivity contribution in [2.75, 3.05) is 0 Å². The molecule has 0 aromatic carbocycles. The van der Waals surface area contributed by atoms with Crippen LogP contribution in [-0.4, -0.2) is 28.8 Å². The van der Waals surface area contributed by atoms with Crippen molar-refractivity contribution in [3.8, 4) is 0 Å². The maximum atomic E-state index is 13.5. The number of hydrogen-bond donors (Lipinski definition) is 3. The van der Waals surface area contributed by atoms with E-state index in [0.717, 1.165) is 11.3 Å². The van der Waals surface area contributed by atoms with E-state index in [1.165, 1.54) is 40.2 Å². The highest BCUT2D eigenvalue weighted by atomic mass is 32.1. The quantitative estimate of drug-likeness (QED) is 0.721. The summed E-state index contributed by atoms with van der Waals surface area (Å²) in [6, 6.07) is 1.92. The predicted molar refractivity (Wildman–Crippen MR) is 81.9 cm³/mol. The van der Waals surface area contributed by atoms with Crippen molar-refractivity contribution >= 4 is 34.5 Å². The zero-order chi connectivity index (χ0) is 17.5. The van der Waals surface area contributed by atoms with Crippen LogP contribution in [0.4, 0.5) is 18.0 Å². The first-order valence-corrected chi connectivity index (χ1v) is 8.54. The molecule has 1 fully saturated rings. The maximum Gasteiger partial charge on any atom is 0.437 e. The minimum Gasteiger partial charge on any atom is -0.363 e. The van der Waals surface area contributed by atoms with Gasteiger partial charge in [0, 0.05) is 0 Å². The normalized spacial score (nSPS) is 27.4. The molecule has 0 radical (unpaired) electrons. The molecule has 2 aromatic heterocycles. The molecular formula is C14H11F3N2O3S2. The standard InChI is InChI=1S/C14H11F3N2O3S2/c15-14(16,17)13(22)9(11(20)8-2-1-4-24-8)10(18-12(21)19-13)7-3-5-23-6-7/h1-6,9-10,22H,(H2,18,19,21)/t9-,10-,13+/m1/s1. The van der Waals surface area contributed by atoms with Crippen LogP contribution in [0, 0.1) is 5.92 Å². The highest BCUT2D eigenvalue weighted by molar-refractivity contribution is 7.12. The Hall–Kier alpha value is -1.91. The lowest BCUT2D eigenvalue weighted by molar-refractivity contribution is -0.287. The first-order chi connectivity index (χ1) is 11.2. The van der Waals surface area contributed by atoms with Gasteiger partial charge in [-0.1, -0.05) is 6.07 Å². The van der Waals surface area contributed by atoms with Crippen LogP contribution in [0.15, 0.2) is 34.3 Å². The summed E-state index contributed by atoms with van der Waals surface area (Å²) in [4.78, 5) is 24.5. The fraction of sp³-hybridized carbons (Fsp3) is 0.286. The molecule has 10 heteroatoms. The summed E-state index contributed by atoms with van der Waals surface area (Å²) in [5.74, 6) is -2.85. The summed E-state index contributed by atoms with van der Waals surface area (Å²) >= 11 is 2.18. The number of carbonyl (C=O) groups is 2. The second-order valence-corrected chi connectivity index (χ2v) is 6.94. The molecule has 3 N–H and O–H groups in total. The predicted octanol–water partition coefficient (Wildman–Crippen LogP) is 2.91. The molecule has 0 bridgehead atoms. The number of urea groups is 1. The third kappa shape index (κ3) is 2.70. The lowest BCUT2D eigenvalue weighted by Crippen LogP contribution is -2.72. The number of rotatable bonds is 3. The number of nitrogens with one attached hydrogen (secondary N) is 2. The average Bonchev–Trinajstić information content (AvgIpc) is 3.18. The van der Waals surface area contributed by atoms with Gasteiger partial charge in [-0.15, -0.1) is 11.3 Å². The molecule has 1 saturated heterocycles. The number of ketones is 1. The molecule has 24 heavy (non-hydrogen) atoms. The molecule has 3 heterocycles. The summed E-state index contributed by atoms with van der Waals surface area (Å²) in [7, 11) is 0. The Morgan fingerprint density at radius 1 is 1.29 bits per heavy atom. The molecule has 0 spiro atoms. The van der Waals surface area contributed by atoms with Crippen LogP contribution in [-0.2, 0) is 0 Å². The molecule has 0 aliphatic carbocycles. The van der Waals surface area contributed by atoms with Crippen molar-refractivity contribution in [2.24, 2.45) is 5.92 Å². The smallest absolute Gasteiger partial charge is 0.363 e. The van der Waals surface area contributed by atoms with E-state index in [1.807, 2.05) is 0 Å². The summed E-state index contributed by atoms with van der Waals surface area (Å²) in [5, 5.41) is 18.8. The van der Waals surface area contributed by atoms with Crippen molar-refractivity contribution in [3.05, 3.63) is 44.8 Å². The zero-order valence-electron chi connectivity index (χ0n) is 11.8. The molecular weight excluding hydrogens is 365 g/mol. The topological polar surface area (TPSA) is 78.4 Å². The Bertz CT molecular complexity index is 746. The Morgan fingerprint density at radius 2 is 2.04 bits per heavy atom. The van der Waals surface area contributed by atoms with Crippen molar-refractivity contribution in [2.45, 2.75) is 17.9 Å². The number of hydrogen-bond acceptors (Lipinski definition) is 5. The van der Waals surface area contributed by atoms with Crippen molar-refractivity contribution in [1.82, 2.24) is 10.6 Å². The number of carbonyl (C=O) groups excluding carboxylic acids is 2. The number of thiophene rings is 2. The second-order valence-electron chi connectivity index (χ2n) is 5.22. The van der Waals surface area contributed by atoms with E-state index in [2.05, 4.69) is 5.32 Å². The molecule has 3 atom stereocenters. The van der Waals surface area contributed by atoms with E-state index in [1.54, 1.807) is 10.8 Å². The van der Waals surface area contributed by atoms with Crippen LogP contribution in [0.3, 0.4) is 0 Å². The lowest BCUT2D eigenvalue weighted by atomic mass is 9.79. The van der Waals surface area contributed by atoms with E-state index in [0.29, 0.717) is 5.56 Å². The number of alkyl halides is 3.